The lowest BCUT2D eigenvalue weighted by Gasteiger charge is -2.34. The maximum Gasteiger partial charge on any atom is 0.161 e. The number of fused-ring (bicyclic) bond motifs is 3. The molecule has 1 aliphatic rings. The Bertz CT molecular complexity index is 1420. The van der Waals surface area contributed by atoms with Crippen LogP contribution >= 0.6 is 0 Å². The van der Waals surface area contributed by atoms with E-state index in [1.807, 2.05) is 0 Å². The first-order chi connectivity index (χ1) is 24.7. The van der Waals surface area contributed by atoms with Crippen molar-refractivity contribution in [2.75, 3.05) is 121 Å². The van der Waals surface area contributed by atoms with Gasteiger partial charge in [-0.15, -0.1) is 0 Å². The highest BCUT2D eigenvalue weighted by Gasteiger charge is 2.44. The van der Waals surface area contributed by atoms with Crippen LogP contribution in [0.1, 0.15) is 47.1 Å². The van der Waals surface area contributed by atoms with Crippen LogP contribution < -0.4 is 9.47 Å². The molecular weight excluding hydrogens is 646 g/mol. The minimum Gasteiger partial charge on any atom is -0.487 e. The van der Waals surface area contributed by atoms with Gasteiger partial charge in [-0.25, -0.2) is 0 Å². The maximum absolute atomic E-state index is 6.47. The summed E-state index contributed by atoms with van der Waals surface area (Å²) in [6, 6.07) is 20.4. The van der Waals surface area contributed by atoms with Crippen molar-refractivity contribution in [3.05, 3.63) is 82.4 Å². The average Bonchev–Trinajstić information content (AvgIpc) is 3.37. The van der Waals surface area contributed by atoms with E-state index < -0.39 is 0 Å². The van der Waals surface area contributed by atoms with Crippen molar-refractivity contribution in [1.82, 2.24) is 0 Å². The SMILES string of the molecule is COCCOCCOCCOc1ccc(C2(CCCC[N+](C)(C)C)c3cc(C)ccc3-c3ccc(C)cc32)cc1OCCOCCOCCOC. The normalized spacial score (nSPS) is 13.3. The molecule has 1 aliphatic carbocycles. The van der Waals surface area contributed by atoms with Gasteiger partial charge in [0.15, 0.2) is 11.5 Å². The zero-order chi connectivity index (χ0) is 36.5. The summed E-state index contributed by atoms with van der Waals surface area (Å²) in [6.07, 6.45) is 3.23. The van der Waals surface area contributed by atoms with Crippen LogP contribution in [-0.4, -0.2) is 126 Å². The molecule has 0 unspecified atom stereocenters. The van der Waals surface area contributed by atoms with Crippen LogP contribution in [0.15, 0.2) is 54.6 Å². The fourth-order valence-corrected chi connectivity index (χ4v) is 6.69. The second-order valence-electron chi connectivity index (χ2n) is 14.3. The first kappa shape index (κ1) is 40.7. The molecule has 9 nitrogen and oxygen atoms in total. The summed E-state index contributed by atoms with van der Waals surface area (Å²) in [4.78, 5) is 0. The Hall–Kier alpha value is -3.02. The minimum absolute atomic E-state index is 0.327. The zero-order valence-corrected chi connectivity index (χ0v) is 32.2. The van der Waals surface area contributed by atoms with E-state index in [9.17, 15) is 0 Å². The summed E-state index contributed by atoms with van der Waals surface area (Å²) in [5.41, 5.74) is 8.77. The summed E-state index contributed by atoms with van der Waals surface area (Å²) in [7, 11) is 10.1. The fourth-order valence-electron chi connectivity index (χ4n) is 6.69. The van der Waals surface area contributed by atoms with E-state index in [2.05, 4.69) is 89.6 Å². The van der Waals surface area contributed by atoms with Gasteiger partial charge in [0, 0.05) is 19.6 Å². The highest BCUT2D eigenvalue weighted by atomic mass is 16.6. The second-order valence-corrected chi connectivity index (χ2v) is 14.3. The molecular formula is C42H62NO8+. The van der Waals surface area contributed by atoms with Gasteiger partial charge >= 0.3 is 0 Å². The highest BCUT2D eigenvalue weighted by molar-refractivity contribution is 5.84. The number of benzene rings is 3. The third-order valence-corrected chi connectivity index (χ3v) is 9.21. The number of aryl methyl sites for hydroxylation is 2. The second kappa shape index (κ2) is 20.9. The Kier molecular flexibility index (Phi) is 16.7. The summed E-state index contributed by atoms with van der Waals surface area (Å²) >= 11 is 0. The van der Waals surface area contributed by atoms with Crippen molar-refractivity contribution in [3.8, 4) is 22.6 Å². The van der Waals surface area contributed by atoms with Gasteiger partial charge in [0.25, 0.3) is 0 Å². The molecule has 0 atom stereocenters. The average molecular weight is 709 g/mol. The van der Waals surface area contributed by atoms with Crippen LogP contribution in [0.5, 0.6) is 11.5 Å². The van der Waals surface area contributed by atoms with Crippen LogP contribution in [0.4, 0.5) is 0 Å². The molecule has 0 heterocycles. The van der Waals surface area contributed by atoms with E-state index >= 15 is 0 Å². The molecule has 3 aromatic carbocycles. The summed E-state index contributed by atoms with van der Waals surface area (Å²) in [6.45, 7) is 11.4. The number of unbranched alkanes of at least 4 members (excludes halogenated alkanes) is 1. The molecule has 0 saturated heterocycles. The lowest BCUT2D eigenvalue weighted by Crippen LogP contribution is -2.35. The summed E-state index contributed by atoms with van der Waals surface area (Å²) < 4.78 is 46.4. The number of rotatable bonds is 26. The number of quaternary nitrogens is 1. The van der Waals surface area contributed by atoms with Gasteiger partial charge in [0.1, 0.15) is 13.2 Å². The van der Waals surface area contributed by atoms with Gasteiger partial charge in [-0.1, -0.05) is 53.6 Å². The van der Waals surface area contributed by atoms with Crippen molar-refractivity contribution < 1.29 is 42.4 Å². The molecule has 9 heteroatoms. The molecule has 51 heavy (non-hydrogen) atoms. The molecule has 0 aromatic heterocycles. The van der Waals surface area contributed by atoms with Crippen molar-refractivity contribution in [3.63, 3.8) is 0 Å². The highest BCUT2D eigenvalue weighted by Crippen LogP contribution is 2.56. The first-order valence-corrected chi connectivity index (χ1v) is 18.4. The largest absolute Gasteiger partial charge is 0.487 e. The molecule has 0 saturated carbocycles. The van der Waals surface area contributed by atoms with Gasteiger partial charge < -0.3 is 42.4 Å². The number of hydrogen-bond donors (Lipinski definition) is 0. The van der Waals surface area contributed by atoms with Gasteiger partial charge in [-0.2, -0.15) is 0 Å². The summed E-state index contributed by atoms with van der Waals surface area (Å²) in [5.74, 6) is 1.39. The molecule has 0 aliphatic heterocycles. The monoisotopic (exact) mass is 708 g/mol. The lowest BCUT2D eigenvalue weighted by atomic mass is 9.68. The standard InChI is InChI=1S/C42H62NO8/c1-33-10-13-36-37-14-11-34(2)31-39(37)42(38(36)30-33,16-8-9-17-43(3,4)5)35-12-15-40(50-28-26-48-24-22-46-20-18-44-6)41(32-35)51-29-27-49-25-23-47-21-19-45-7/h10-15,30-32H,8-9,16-29H2,1-7H3/q+1. The van der Waals surface area contributed by atoms with Crippen LogP contribution in [0.25, 0.3) is 11.1 Å². The first-order valence-electron chi connectivity index (χ1n) is 18.4. The van der Waals surface area contributed by atoms with E-state index in [1.165, 1.54) is 38.9 Å². The van der Waals surface area contributed by atoms with Crippen molar-refractivity contribution in [1.29, 1.82) is 0 Å². The molecule has 0 amide bonds. The Morgan fingerprint density at radius 1 is 0.510 bits per heavy atom. The molecule has 0 fully saturated rings. The zero-order valence-electron chi connectivity index (χ0n) is 32.2. The maximum atomic E-state index is 6.47. The molecule has 0 bridgehead atoms. The third kappa shape index (κ3) is 12.0. The lowest BCUT2D eigenvalue weighted by molar-refractivity contribution is -0.870. The van der Waals surface area contributed by atoms with E-state index in [4.69, 9.17) is 37.9 Å². The summed E-state index contributed by atoms with van der Waals surface area (Å²) in [5, 5.41) is 0. The topological polar surface area (TPSA) is 73.8 Å². The molecule has 0 radical (unpaired) electrons. The molecule has 3 aromatic rings. The van der Waals surface area contributed by atoms with Crippen LogP contribution in [0.3, 0.4) is 0 Å². The number of ether oxygens (including phenoxy) is 8. The molecule has 282 valence electrons. The predicted molar refractivity (Wildman–Crippen MR) is 202 cm³/mol. The Balaban J connectivity index is 1.60. The molecule has 0 N–H and O–H groups in total. The predicted octanol–water partition coefficient (Wildman–Crippen LogP) is 6.61. The fraction of sp³-hybridized carbons (Fsp3) is 0.571. The molecule has 4 rings (SSSR count). The Morgan fingerprint density at radius 2 is 0.980 bits per heavy atom. The van der Waals surface area contributed by atoms with Gasteiger partial charge in [-0.05, 0) is 73.1 Å². The van der Waals surface area contributed by atoms with E-state index in [0.29, 0.717) is 90.8 Å². The van der Waals surface area contributed by atoms with Crippen LogP contribution in [0.2, 0.25) is 0 Å². The Morgan fingerprint density at radius 3 is 1.47 bits per heavy atom. The number of nitrogens with zero attached hydrogens (tertiary/aromatic N) is 1. The van der Waals surface area contributed by atoms with Crippen LogP contribution in [-0.2, 0) is 33.8 Å². The van der Waals surface area contributed by atoms with Crippen molar-refractivity contribution in [2.24, 2.45) is 0 Å². The van der Waals surface area contributed by atoms with E-state index in [0.717, 1.165) is 30.3 Å². The number of methoxy groups -OCH3 is 2. The van der Waals surface area contributed by atoms with Gasteiger partial charge in [0.2, 0.25) is 0 Å². The quantitative estimate of drug-likeness (QED) is 0.0682. The smallest absolute Gasteiger partial charge is 0.161 e. The molecule has 0 spiro atoms. The van der Waals surface area contributed by atoms with Crippen molar-refractivity contribution >= 4 is 0 Å². The van der Waals surface area contributed by atoms with E-state index in [-0.39, 0.29) is 5.41 Å². The van der Waals surface area contributed by atoms with Gasteiger partial charge in [0.05, 0.1) is 93.8 Å². The minimum atomic E-state index is -0.327. The Labute approximate surface area is 306 Å². The van der Waals surface area contributed by atoms with E-state index in [1.54, 1.807) is 14.2 Å². The van der Waals surface area contributed by atoms with Crippen molar-refractivity contribution in [2.45, 2.75) is 38.5 Å². The van der Waals surface area contributed by atoms with Gasteiger partial charge in [-0.3, -0.25) is 0 Å². The third-order valence-electron chi connectivity index (χ3n) is 9.21. The van der Waals surface area contributed by atoms with Crippen LogP contribution in [0, 0.1) is 13.8 Å². The number of hydrogen-bond acceptors (Lipinski definition) is 8.